The van der Waals surface area contributed by atoms with Crippen molar-refractivity contribution in [3.8, 4) is 11.5 Å². The van der Waals surface area contributed by atoms with Crippen LogP contribution >= 0.6 is 0 Å². The third kappa shape index (κ3) is 5.09. The van der Waals surface area contributed by atoms with Gasteiger partial charge in [-0.25, -0.2) is 0 Å². The molecule has 0 bridgehead atoms. The maximum atomic E-state index is 12.4. The fourth-order valence-electron chi connectivity index (χ4n) is 3.09. The topological polar surface area (TPSA) is 72.3 Å². The second-order valence-electron chi connectivity index (χ2n) is 6.33. The highest BCUT2D eigenvalue weighted by Gasteiger charge is 2.24. The first-order valence-electron chi connectivity index (χ1n) is 8.55. The number of rotatable bonds is 6. The lowest BCUT2D eigenvalue weighted by atomic mass is 10.1. The second-order valence-corrected chi connectivity index (χ2v) is 6.33. The van der Waals surface area contributed by atoms with E-state index in [4.69, 9.17) is 9.47 Å². The molecule has 0 radical (unpaired) electrons. The van der Waals surface area contributed by atoms with E-state index in [1.165, 1.54) is 4.90 Å². The molecule has 138 valence electrons. The highest BCUT2D eigenvalue weighted by Crippen LogP contribution is 2.29. The van der Waals surface area contributed by atoms with E-state index in [1.54, 1.807) is 21.1 Å². The number of quaternary nitrogens is 1. The monoisotopic (exact) mass is 350 g/mol. The molecule has 2 amide bonds. The van der Waals surface area contributed by atoms with Gasteiger partial charge in [0.15, 0.2) is 6.54 Å². The normalized spacial score (nSPS) is 16.2. The van der Waals surface area contributed by atoms with Crippen molar-refractivity contribution in [2.75, 3.05) is 46.9 Å². The van der Waals surface area contributed by atoms with Gasteiger partial charge in [0.25, 0.3) is 5.91 Å². The number of piperazine rings is 1. The van der Waals surface area contributed by atoms with Crippen LogP contribution in [0.15, 0.2) is 18.2 Å². The van der Waals surface area contributed by atoms with Gasteiger partial charge < -0.3 is 24.6 Å². The van der Waals surface area contributed by atoms with Crippen LogP contribution in [0.5, 0.6) is 11.5 Å². The molecule has 2 rings (SSSR count). The molecule has 1 fully saturated rings. The van der Waals surface area contributed by atoms with Crippen LogP contribution in [-0.2, 0) is 9.59 Å². The number of methoxy groups -OCH3 is 2. The smallest absolute Gasteiger partial charge is 0.275 e. The largest absolute Gasteiger partial charge is 0.497 e. The van der Waals surface area contributed by atoms with E-state index in [0.717, 1.165) is 30.2 Å². The Bertz CT molecular complexity index is 612. The minimum atomic E-state index is -0.185. The molecule has 0 unspecified atom stereocenters. The molecule has 1 heterocycles. The van der Waals surface area contributed by atoms with Crippen LogP contribution in [0.25, 0.3) is 0 Å². The third-order valence-electron chi connectivity index (χ3n) is 4.61. The maximum absolute atomic E-state index is 12.4. The summed E-state index contributed by atoms with van der Waals surface area (Å²) >= 11 is 0. The fourth-order valence-corrected chi connectivity index (χ4v) is 3.09. The fraction of sp³-hybridized carbons (Fsp3) is 0.556. The number of hydrogen-bond acceptors (Lipinski definition) is 4. The predicted octanol–water partition coefficient (Wildman–Crippen LogP) is -0.372. The number of carbonyl (C=O) groups is 2. The van der Waals surface area contributed by atoms with Crippen molar-refractivity contribution in [3.63, 3.8) is 0 Å². The first kappa shape index (κ1) is 19.1. The zero-order chi connectivity index (χ0) is 18.4. The molecule has 1 saturated heterocycles. The highest BCUT2D eigenvalue weighted by molar-refractivity contribution is 5.77. The average Bonchev–Trinajstić information content (AvgIpc) is 2.61. The summed E-state index contributed by atoms with van der Waals surface area (Å²) in [6.45, 7) is 6.92. The van der Waals surface area contributed by atoms with E-state index in [-0.39, 0.29) is 17.9 Å². The number of nitrogens with zero attached hydrogens (tertiary/aromatic N) is 1. The second kappa shape index (κ2) is 8.71. The Kier molecular flexibility index (Phi) is 6.64. The van der Waals surface area contributed by atoms with Gasteiger partial charge in [-0.15, -0.1) is 0 Å². The van der Waals surface area contributed by atoms with Crippen LogP contribution in [0.3, 0.4) is 0 Å². The number of hydrogen-bond donors (Lipinski definition) is 2. The van der Waals surface area contributed by atoms with E-state index in [1.807, 2.05) is 30.0 Å². The van der Waals surface area contributed by atoms with E-state index < -0.39 is 0 Å². The van der Waals surface area contributed by atoms with Crippen LogP contribution in [0.1, 0.15) is 25.5 Å². The van der Waals surface area contributed by atoms with Gasteiger partial charge in [0.05, 0.1) is 46.4 Å². The quantitative estimate of drug-likeness (QED) is 0.734. The molecule has 25 heavy (non-hydrogen) atoms. The number of nitrogens with one attached hydrogen (secondary N) is 2. The van der Waals surface area contributed by atoms with Crippen molar-refractivity contribution < 1.29 is 24.0 Å². The lowest BCUT2D eigenvalue weighted by Gasteiger charge is -2.31. The number of ether oxygens (including phenoxy) is 2. The van der Waals surface area contributed by atoms with Crippen LogP contribution in [-0.4, -0.2) is 63.7 Å². The first-order chi connectivity index (χ1) is 11.9. The minimum Gasteiger partial charge on any atom is -0.497 e. The summed E-state index contributed by atoms with van der Waals surface area (Å²) in [6, 6.07) is 5.36. The Hall–Kier alpha value is -2.28. The molecule has 1 aromatic carbocycles. The van der Waals surface area contributed by atoms with Gasteiger partial charge in [0, 0.05) is 12.5 Å². The maximum Gasteiger partial charge on any atom is 0.275 e. The van der Waals surface area contributed by atoms with Crippen molar-refractivity contribution >= 4 is 11.8 Å². The van der Waals surface area contributed by atoms with E-state index in [9.17, 15) is 9.59 Å². The summed E-state index contributed by atoms with van der Waals surface area (Å²) in [6.07, 6.45) is 0. The van der Waals surface area contributed by atoms with Crippen LogP contribution in [0.4, 0.5) is 0 Å². The van der Waals surface area contributed by atoms with Gasteiger partial charge in [-0.1, -0.05) is 0 Å². The Balaban J connectivity index is 1.91. The van der Waals surface area contributed by atoms with Crippen molar-refractivity contribution in [1.82, 2.24) is 10.2 Å². The Labute approximate surface area is 148 Å². The van der Waals surface area contributed by atoms with Crippen molar-refractivity contribution in [2.45, 2.75) is 19.9 Å². The van der Waals surface area contributed by atoms with Gasteiger partial charge in [-0.3, -0.25) is 9.59 Å². The molecule has 0 aliphatic carbocycles. The molecule has 0 saturated carbocycles. The summed E-state index contributed by atoms with van der Waals surface area (Å²) in [5, 5.41) is 3.03. The summed E-state index contributed by atoms with van der Waals surface area (Å²) in [7, 11) is 3.22. The molecule has 1 aromatic rings. The molecular formula is C18H28N3O4+. The Morgan fingerprint density at radius 3 is 2.48 bits per heavy atom. The molecule has 1 aliphatic rings. The molecule has 1 atom stereocenters. The summed E-state index contributed by atoms with van der Waals surface area (Å²) < 4.78 is 10.6. The van der Waals surface area contributed by atoms with Crippen LogP contribution in [0, 0.1) is 0 Å². The Morgan fingerprint density at radius 1 is 1.24 bits per heavy atom. The molecule has 7 heteroatoms. The first-order valence-corrected chi connectivity index (χ1v) is 8.55. The van der Waals surface area contributed by atoms with Gasteiger partial charge in [0.1, 0.15) is 11.5 Å². The lowest BCUT2D eigenvalue weighted by Crippen LogP contribution is -3.15. The van der Waals surface area contributed by atoms with Crippen molar-refractivity contribution in [3.05, 3.63) is 23.8 Å². The van der Waals surface area contributed by atoms with Gasteiger partial charge in [-0.2, -0.15) is 0 Å². The predicted molar refractivity (Wildman–Crippen MR) is 93.9 cm³/mol. The average molecular weight is 350 g/mol. The van der Waals surface area contributed by atoms with Crippen molar-refractivity contribution in [2.24, 2.45) is 0 Å². The molecule has 2 N–H and O–H groups in total. The molecule has 0 spiro atoms. The third-order valence-corrected chi connectivity index (χ3v) is 4.61. The minimum absolute atomic E-state index is 0.0105. The van der Waals surface area contributed by atoms with Crippen molar-refractivity contribution in [1.29, 1.82) is 0 Å². The molecule has 0 aromatic heterocycles. The SMILES string of the molecule is COc1ccc(OC)c([C@H](C)NC(=O)C[NH+]2CCN(C(C)=O)CC2)c1. The van der Waals surface area contributed by atoms with Crippen LogP contribution < -0.4 is 19.7 Å². The number of carbonyl (C=O) groups excluding carboxylic acids is 2. The number of amides is 2. The summed E-state index contributed by atoms with van der Waals surface area (Å²) in [5.74, 6) is 1.53. The molecular weight excluding hydrogens is 322 g/mol. The summed E-state index contributed by atoms with van der Waals surface area (Å²) in [4.78, 5) is 26.8. The standard InChI is InChI=1S/C18H27N3O4/c1-13(16-11-15(24-3)5-6-17(16)25-4)19-18(23)12-20-7-9-21(10-8-20)14(2)22/h5-6,11,13H,7-10,12H2,1-4H3,(H,19,23)/p+1/t13-/m0/s1. The van der Waals surface area contributed by atoms with E-state index in [0.29, 0.717) is 19.6 Å². The van der Waals surface area contributed by atoms with E-state index in [2.05, 4.69) is 5.32 Å². The summed E-state index contributed by atoms with van der Waals surface area (Å²) in [5.41, 5.74) is 0.881. The van der Waals surface area contributed by atoms with Gasteiger partial charge in [-0.05, 0) is 25.1 Å². The van der Waals surface area contributed by atoms with Crippen LogP contribution in [0.2, 0.25) is 0 Å². The highest BCUT2D eigenvalue weighted by atomic mass is 16.5. The van der Waals surface area contributed by atoms with E-state index >= 15 is 0 Å². The number of benzene rings is 1. The molecule has 1 aliphatic heterocycles. The zero-order valence-electron chi connectivity index (χ0n) is 15.4. The van der Waals surface area contributed by atoms with Gasteiger partial charge >= 0.3 is 0 Å². The lowest BCUT2D eigenvalue weighted by molar-refractivity contribution is -0.896. The molecule has 7 nitrogen and oxygen atoms in total. The zero-order valence-corrected chi connectivity index (χ0v) is 15.4. The Morgan fingerprint density at radius 2 is 1.92 bits per heavy atom. The van der Waals surface area contributed by atoms with Gasteiger partial charge in [0.2, 0.25) is 5.91 Å².